The van der Waals surface area contributed by atoms with Crippen LogP contribution in [-0.4, -0.2) is 20.5 Å². The SMILES string of the molecule is COc1ccccc1NS(=O)(=O)c1c[nH]c(=O)c(Cl)c1. The van der Waals surface area contributed by atoms with E-state index in [1.165, 1.54) is 7.11 Å². The van der Waals surface area contributed by atoms with Crippen LogP contribution in [0.2, 0.25) is 5.02 Å². The Morgan fingerprint density at radius 2 is 2.00 bits per heavy atom. The Balaban J connectivity index is 2.40. The van der Waals surface area contributed by atoms with E-state index in [9.17, 15) is 13.2 Å². The normalized spacial score (nSPS) is 11.1. The quantitative estimate of drug-likeness (QED) is 0.901. The molecule has 0 radical (unpaired) electrons. The van der Waals surface area contributed by atoms with Crippen molar-refractivity contribution in [2.75, 3.05) is 11.8 Å². The highest BCUT2D eigenvalue weighted by Crippen LogP contribution is 2.26. The summed E-state index contributed by atoms with van der Waals surface area (Å²) in [5.74, 6) is 0.381. The Morgan fingerprint density at radius 3 is 2.65 bits per heavy atom. The topological polar surface area (TPSA) is 88.3 Å². The zero-order chi connectivity index (χ0) is 14.8. The van der Waals surface area contributed by atoms with Gasteiger partial charge in [-0.1, -0.05) is 23.7 Å². The summed E-state index contributed by atoms with van der Waals surface area (Å²) >= 11 is 5.62. The van der Waals surface area contributed by atoms with Gasteiger partial charge in [-0.25, -0.2) is 8.42 Å². The minimum atomic E-state index is -3.87. The summed E-state index contributed by atoms with van der Waals surface area (Å²) in [6, 6.07) is 7.65. The van der Waals surface area contributed by atoms with Gasteiger partial charge in [-0.2, -0.15) is 0 Å². The lowest BCUT2D eigenvalue weighted by molar-refractivity contribution is 0.417. The molecule has 1 aromatic heterocycles. The molecule has 0 aliphatic heterocycles. The third kappa shape index (κ3) is 2.94. The number of para-hydroxylation sites is 2. The average Bonchev–Trinajstić information content (AvgIpc) is 2.42. The molecule has 0 fully saturated rings. The number of pyridine rings is 1. The van der Waals surface area contributed by atoms with E-state index in [1.807, 2.05) is 0 Å². The van der Waals surface area contributed by atoms with Crippen LogP contribution in [0, 0.1) is 0 Å². The lowest BCUT2D eigenvalue weighted by Crippen LogP contribution is -2.16. The molecule has 20 heavy (non-hydrogen) atoms. The van der Waals surface area contributed by atoms with Crippen molar-refractivity contribution in [3.8, 4) is 5.75 Å². The van der Waals surface area contributed by atoms with Gasteiger partial charge in [0, 0.05) is 6.20 Å². The number of halogens is 1. The second kappa shape index (κ2) is 5.56. The average molecular weight is 315 g/mol. The Bertz CT molecular complexity index is 786. The fraction of sp³-hybridized carbons (Fsp3) is 0.0833. The fourth-order valence-corrected chi connectivity index (χ4v) is 2.83. The Morgan fingerprint density at radius 1 is 1.30 bits per heavy atom. The molecule has 0 amide bonds. The highest BCUT2D eigenvalue weighted by Gasteiger charge is 2.17. The fourth-order valence-electron chi connectivity index (χ4n) is 1.53. The standard InChI is InChI=1S/C12H11ClN2O4S/c1-19-11-5-3-2-4-10(11)15-20(17,18)8-6-9(13)12(16)14-7-8/h2-7,15H,1H3,(H,14,16). The predicted molar refractivity (Wildman–Crippen MR) is 75.9 cm³/mol. The molecule has 8 heteroatoms. The summed E-state index contributed by atoms with van der Waals surface area (Å²) in [5.41, 5.74) is -0.264. The van der Waals surface area contributed by atoms with Crippen LogP contribution < -0.4 is 15.0 Å². The van der Waals surface area contributed by atoms with E-state index in [-0.39, 0.29) is 15.6 Å². The van der Waals surface area contributed by atoms with Crippen LogP contribution >= 0.6 is 11.6 Å². The van der Waals surface area contributed by atoms with Crippen molar-refractivity contribution < 1.29 is 13.2 Å². The third-order valence-corrected chi connectivity index (χ3v) is 4.12. The third-order valence-electron chi connectivity index (χ3n) is 2.49. The number of nitrogens with one attached hydrogen (secondary N) is 2. The number of hydrogen-bond donors (Lipinski definition) is 2. The zero-order valence-electron chi connectivity index (χ0n) is 10.4. The van der Waals surface area contributed by atoms with E-state index in [0.29, 0.717) is 5.75 Å². The Labute approximate surface area is 120 Å². The molecule has 2 aromatic rings. The summed E-state index contributed by atoms with van der Waals surface area (Å²) in [6.07, 6.45) is 1.08. The molecule has 0 atom stereocenters. The number of aromatic nitrogens is 1. The highest BCUT2D eigenvalue weighted by atomic mass is 35.5. The van der Waals surface area contributed by atoms with Crippen LogP contribution in [0.4, 0.5) is 5.69 Å². The first-order valence-electron chi connectivity index (χ1n) is 5.48. The molecule has 1 aromatic carbocycles. The number of sulfonamides is 1. The van der Waals surface area contributed by atoms with Crippen LogP contribution in [0.1, 0.15) is 0 Å². The summed E-state index contributed by atoms with van der Waals surface area (Å²) in [7, 11) is -2.44. The minimum Gasteiger partial charge on any atom is -0.495 e. The summed E-state index contributed by atoms with van der Waals surface area (Å²) in [4.78, 5) is 13.2. The van der Waals surface area contributed by atoms with Crippen LogP contribution in [0.5, 0.6) is 5.75 Å². The first-order valence-corrected chi connectivity index (χ1v) is 7.34. The van der Waals surface area contributed by atoms with E-state index in [2.05, 4.69) is 9.71 Å². The van der Waals surface area contributed by atoms with Crippen LogP contribution in [0.15, 0.2) is 46.2 Å². The number of hydrogen-bond acceptors (Lipinski definition) is 4. The number of rotatable bonds is 4. The summed E-state index contributed by atoms with van der Waals surface area (Å²) < 4.78 is 31.8. The van der Waals surface area contributed by atoms with Gasteiger partial charge in [0.1, 0.15) is 15.7 Å². The predicted octanol–water partition coefficient (Wildman–Crippen LogP) is 1.84. The van der Waals surface area contributed by atoms with Crippen LogP contribution in [0.3, 0.4) is 0 Å². The highest BCUT2D eigenvalue weighted by molar-refractivity contribution is 7.92. The molecule has 2 N–H and O–H groups in total. The van der Waals surface area contributed by atoms with Crippen molar-refractivity contribution >= 4 is 27.3 Å². The van der Waals surface area contributed by atoms with Crippen molar-refractivity contribution in [2.45, 2.75) is 4.90 Å². The van der Waals surface area contributed by atoms with E-state index >= 15 is 0 Å². The van der Waals surface area contributed by atoms with E-state index in [1.54, 1.807) is 24.3 Å². The van der Waals surface area contributed by atoms with Crippen molar-refractivity contribution in [2.24, 2.45) is 0 Å². The van der Waals surface area contributed by atoms with Gasteiger partial charge < -0.3 is 9.72 Å². The molecule has 1 heterocycles. The van der Waals surface area contributed by atoms with Crippen molar-refractivity contribution in [1.82, 2.24) is 4.98 Å². The molecule has 0 aliphatic carbocycles. The molecule has 0 saturated heterocycles. The second-order valence-electron chi connectivity index (χ2n) is 3.82. The maximum Gasteiger partial charge on any atom is 0.266 e. The largest absolute Gasteiger partial charge is 0.495 e. The molecule has 0 aliphatic rings. The number of methoxy groups -OCH3 is 1. The molecule has 0 saturated carbocycles. The molecule has 2 rings (SSSR count). The van der Waals surface area contributed by atoms with Crippen molar-refractivity contribution in [3.05, 3.63) is 51.9 Å². The monoisotopic (exact) mass is 314 g/mol. The van der Waals surface area contributed by atoms with E-state index in [0.717, 1.165) is 12.3 Å². The molecular formula is C12H11ClN2O4S. The second-order valence-corrected chi connectivity index (χ2v) is 5.91. The van der Waals surface area contributed by atoms with Gasteiger partial charge in [0.05, 0.1) is 12.8 Å². The first-order chi connectivity index (χ1) is 9.44. The molecular weight excluding hydrogens is 304 g/mol. The zero-order valence-corrected chi connectivity index (χ0v) is 12.0. The molecule has 6 nitrogen and oxygen atoms in total. The van der Waals surface area contributed by atoms with Gasteiger partial charge in [0.25, 0.3) is 15.6 Å². The van der Waals surface area contributed by atoms with Gasteiger partial charge in [0.15, 0.2) is 0 Å². The van der Waals surface area contributed by atoms with E-state index in [4.69, 9.17) is 16.3 Å². The lowest BCUT2D eigenvalue weighted by atomic mass is 10.3. The first kappa shape index (κ1) is 14.4. The molecule has 0 unspecified atom stereocenters. The maximum atomic E-state index is 12.2. The van der Waals surface area contributed by atoms with Crippen molar-refractivity contribution in [3.63, 3.8) is 0 Å². The van der Waals surface area contributed by atoms with Gasteiger partial charge in [-0.15, -0.1) is 0 Å². The van der Waals surface area contributed by atoms with Gasteiger partial charge in [-0.05, 0) is 18.2 Å². The number of ether oxygens (including phenoxy) is 1. The number of benzene rings is 1. The number of anilines is 1. The number of aromatic amines is 1. The smallest absolute Gasteiger partial charge is 0.266 e. The maximum absolute atomic E-state index is 12.2. The molecule has 0 spiro atoms. The number of H-pyrrole nitrogens is 1. The van der Waals surface area contributed by atoms with Gasteiger partial charge in [-0.3, -0.25) is 9.52 Å². The van der Waals surface area contributed by atoms with E-state index < -0.39 is 15.6 Å². The van der Waals surface area contributed by atoms with Crippen LogP contribution in [-0.2, 0) is 10.0 Å². The lowest BCUT2D eigenvalue weighted by Gasteiger charge is -2.11. The van der Waals surface area contributed by atoms with Crippen LogP contribution in [0.25, 0.3) is 0 Å². The van der Waals surface area contributed by atoms with Gasteiger partial charge >= 0.3 is 0 Å². The summed E-state index contributed by atoms with van der Waals surface area (Å²) in [5, 5.41) is -0.201. The Hall–Kier alpha value is -1.99. The van der Waals surface area contributed by atoms with Gasteiger partial charge in [0.2, 0.25) is 0 Å². The molecule has 0 bridgehead atoms. The van der Waals surface area contributed by atoms with Crippen molar-refractivity contribution in [1.29, 1.82) is 0 Å². The summed E-state index contributed by atoms with van der Waals surface area (Å²) in [6.45, 7) is 0. The molecule has 106 valence electrons. The Kier molecular flexibility index (Phi) is 4.01. The minimum absolute atomic E-state index is 0.145.